The van der Waals surface area contributed by atoms with Crippen molar-refractivity contribution in [2.24, 2.45) is 0 Å². The summed E-state index contributed by atoms with van der Waals surface area (Å²) in [5.41, 5.74) is 14.1. The van der Waals surface area contributed by atoms with E-state index in [2.05, 4.69) is 185 Å². The summed E-state index contributed by atoms with van der Waals surface area (Å²) in [5, 5.41) is 4.58. The van der Waals surface area contributed by atoms with Crippen LogP contribution in [0.25, 0.3) is 123 Å². The Labute approximate surface area is 392 Å². The third kappa shape index (κ3) is 6.72. The van der Waals surface area contributed by atoms with Gasteiger partial charge in [-0.1, -0.05) is 176 Å². The number of nitrogens with zero attached hydrogens (tertiary/aromatic N) is 7. The van der Waals surface area contributed by atoms with Crippen molar-refractivity contribution in [1.82, 2.24) is 34.1 Å². The molecule has 13 aromatic rings. The fraction of sp³-hybridized carbons (Fsp3) is 0. The lowest BCUT2D eigenvalue weighted by Crippen LogP contribution is -2.06. The highest BCUT2D eigenvalue weighted by atomic mass is 15.2. The standard InChI is InChI=1S/C61H39N7/c1-5-18-40(19-6-1)45-26-17-27-46(38-45)60-64-59(43-24-11-4-12-25-43)65-61(66-60)68-53-31-16-14-29-49(53)57-55(68)37-36-54-56(57)48-28-13-15-30-52(48)67(54)47-34-32-44(33-35-47)58-62-50(41-20-7-2-8-21-41)39-51(63-58)42-22-9-3-10-23-42/h1-39H. The minimum Gasteiger partial charge on any atom is -0.309 e. The van der Waals surface area contributed by atoms with Crippen LogP contribution in [0, 0.1) is 0 Å². The minimum atomic E-state index is 0.554. The van der Waals surface area contributed by atoms with Crippen molar-refractivity contribution in [3.63, 3.8) is 0 Å². The van der Waals surface area contributed by atoms with Crippen LogP contribution in [0.5, 0.6) is 0 Å². The topological polar surface area (TPSA) is 74.3 Å². The zero-order valence-electron chi connectivity index (χ0n) is 36.6. The first-order valence-electron chi connectivity index (χ1n) is 22.8. The molecular formula is C61H39N7. The molecule has 0 saturated carbocycles. The Hall–Kier alpha value is -9.33. The summed E-state index contributed by atoms with van der Waals surface area (Å²) in [5.74, 6) is 2.44. The summed E-state index contributed by atoms with van der Waals surface area (Å²) in [4.78, 5) is 25.9. The highest BCUT2D eigenvalue weighted by Gasteiger charge is 2.23. The largest absolute Gasteiger partial charge is 0.309 e. The van der Waals surface area contributed by atoms with Crippen molar-refractivity contribution in [2.75, 3.05) is 0 Å². The number of hydrogen-bond acceptors (Lipinski definition) is 5. The molecule has 318 valence electrons. The first-order valence-corrected chi connectivity index (χ1v) is 22.8. The molecule has 0 fully saturated rings. The van der Waals surface area contributed by atoms with E-state index in [0.717, 1.165) is 99.6 Å². The molecule has 0 atom stereocenters. The van der Waals surface area contributed by atoms with Crippen LogP contribution in [0.15, 0.2) is 237 Å². The maximum absolute atomic E-state index is 5.31. The number of fused-ring (bicyclic) bond motifs is 7. The monoisotopic (exact) mass is 869 g/mol. The number of aromatic nitrogens is 7. The van der Waals surface area contributed by atoms with Crippen molar-refractivity contribution in [1.29, 1.82) is 0 Å². The summed E-state index contributed by atoms with van der Waals surface area (Å²) < 4.78 is 4.57. The van der Waals surface area contributed by atoms with Crippen LogP contribution in [0.4, 0.5) is 0 Å². The normalized spacial score (nSPS) is 11.5. The van der Waals surface area contributed by atoms with Gasteiger partial charge in [0, 0.05) is 55.0 Å². The molecule has 0 unspecified atom stereocenters. The highest BCUT2D eigenvalue weighted by Crippen LogP contribution is 2.42. The first kappa shape index (κ1) is 39.1. The Morgan fingerprint density at radius 1 is 0.250 bits per heavy atom. The van der Waals surface area contributed by atoms with Gasteiger partial charge in [-0.05, 0) is 71.8 Å². The molecule has 0 aliphatic heterocycles. The number of benzene rings is 9. The Morgan fingerprint density at radius 3 is 1.26 bits per heavy atom. The zero-order valence-corrected chi connectivity index (χ0v) is 36.6. The van der Waals surface area contributed by atoms with Crippen LogP contribution in [0.3, 0.4) is 0 Å². The molecule has 7 nitrogen and oxygen atoms in total. The fourth-order valence-corrected chi connectivity index (χ4v) is 9.64. The van der Waals surface area contributed by atoms with Crippen molar-refractivity contribution in [2.45, 2.75) is 0 Å². The van der Waals surface area contributed by atoms with E-state index in [1.165, 1.54) is 0 Å². The summed E-state index contributed by atoms with van der Waals surface area (Å²) in [6.07, 6.45) is 0. The van der Waals surface area contributed by atoms with Crippen LogP contribution < -0.4 is 0 Å². The number of para-hydroxylation sites is 2. The average Bonchev–Trinajstić information content (AvgIpc) is 3.95. The predicted octanol–water partition coefficient (Wildman–Crippen LogP) is 14.9. The molecule has 7 heteroatoms. The van der Waals surface area contributed by atoms with Crippen molar-refractivity contribution < 1.29 is 0 Å². The molecule has 13 rings (SSSR count). The smallest absolute Gasteiger partial charge is 0.238 e. The molecule has 0 aliphatic carbocycles. The van der Waals surface area contributed by atoms with Gasteiger partial charge in [-0.2, -0.15) is 9.97 Å². The van der Waals surface area contributed by atoms with E-state index in [0.29, 0.717) is 23.4 Å². The predicted molar refractivity (Wildman–Crippen MR) is 277 cm³/mol. The van der Waals surface area contributed by atoms with Crippen LogP contribution in [-0.4, -0.2) is 34.1 Å². The molecule has 9 aromatic carbocycles. The van der Waals surface area contributed by atoms with Crippen molar-refractivity contribution in [3.05, 3.63) is 237 Å². The lowest BCUT2D eigenvalue weighted by atomic mass is 10.0. The van der Waals surface area contributed by atoms with Gasteiger partial charge in [0.1, 0.15) is 0 Å². The Bertz CT molecular complexity index is 3940. The Morgan fingerprint density at radius 2 is 0.676 bits per heavy atom. The van der Waals surface area contributed by atoms with Gasteiger partial charge < -0.3 is 4.57 Å². The molecule has 0 radical (unpaired) electrons. The summed E-state index contributed by atoms with van der Waals surface area (Å²) in [6.45, 7) is 0. The molecule has 0 N–H and O–H groups in total. The molecular weight excluding hydrogens is 831 g/mol. The van der Waals surface area contributed by atoms with Gasteiger partial charge in [-0.3, -0.25) is 4.57 Å². The molecule has 0 spiro atoms. The fourth-order valence-electron chi connectivity index (χ4n) is 9.64. The molecule has 4 aromatic heterocycles. The maximum Gasteiger partial charge on any atom is 0.238 e. The van der Waals surface area contributed by atoms with Gasteiger partial charge in [-0.15, -0.1) is 0 Å². The van der Waals surface area contributed by atoms with Gasteiger partial charge in [0.2, 0.25) is 5.95 Å². The summed E-state index contributed by atoms with van der Waals surface area (Å²) in [6, 6.07) is 82.1. The third-order valence-corrected chi connectivity index (χ3v) is 12.8. The minimum absolute atomic E-state index is 0.554. The van der Waals surface area contributed by atoms with Crippen LogP contribution in [-0.2, 0) is 0 Å². The van der Waals surface area contributed by atoms with Gasteiger partial charge in [0.05, 0.1) is 33.5 Å². The van der Waals surface area contributed by atoms with Crippen LogP contribution in [0.1, 0.15) is 0 Å². The van der Waals surface area contributed by atoms with E-state index in [4.69, 9.17) is 24.9 Å². The quantitative estimate of drug-likeness (QED) is 0.152. The summed E-state index contributed by atoms with van der Waals surface area (Å²) >= 11 is 0. The molecule has 0 saturated heterocycles. The van der Waals surface area contributed by atoms with E-state index in [9.17, 15) is 0 Å². The Kier molecular flexibility index (Phi) is 9.35. The van der Waals surface area contributed by atoms with Gasteiger partial charge in [0.15, 0.2) is 17.5 Å². The second-order valence-electron chi connectivity index (χ2n) is 16.9. The molecule has 0 aliphatic rings. The zero-order chi connectivity index (χ0) is 45.0. The lowest BCUT2D eigenvalue weighted by molar-refractivity contribution is 0.953. The highest BCUT2D eigenvalue weighted by molar-refractivity contribution is 6.28. The average molecular weight is 870 g/mol. The van der Waals surface area contributed by atoms with E-state index >= 15 is 0 Å². The van der Waals surface area contributed by atoms with E-state index < -0.39 is 0 Å². The SMILES string of the molecule is c1ccc(-c2cccc(-c3nc(-c4ccccc4)nc(-n4c5ccccc5c5c6c7ccccc7n(-c7ccc(-c8nc(-c9ccccc9)cc(-c9ccccc9)n8)cc7)c6ccc54)n3)c2)cc1. The van der Waals surface area contributed by atoms with Gasteiger partial charge in [0.25, 0.3) is 0 Å². The van der Waals surface area contributed by atoms with Crippen molar-refractivity contribution >= 4 is 43.6 Å². The number of rotatable bonds is 8. The summed E-state index contributed by atoms with van der Waals surface area (Å²) in [7, 11) is 0. The van der Waals surface area contributed by atoms with Crippen LogP contribution in [0.2, 0.25) is 0 Å². The molecule has 68 heavy (non-hydrogen) atoms. The van der Waals surface area contributed by atoms with Gasteiger partial charge >= 0.3 is 0 Å². The lowest BCUT2D eigenvalue weighted by Gasteiger charge is -2.12. The second kappa shape index (κ2) is 16.3. The van der Waals surface area contributed by atoms with Crippen LogP contribution >= 0.6 is 0 Å². The van der Waals surface area contributed by atoms with E-state index in [1.54, 1.807) is 0 Å². The van der Waals surface area contributed by atoms with Crippen molar-refractivity contribution in [3.8, 4) is 79.4 Å². The molecule has 0 bridgehead atoms. The Balaban J connectivity index is 0.984. The first-order chi connectivity index (χ1) is 33.7. The maximum atomic E-state index is 5.31. The molecule has 4 heterocycles. The number of hydrogen-bond donors (Lipinski definition) is 0. The van der Waals surface area contributed by atoms with E-state index in [-0.39, 0.29) is 0 Å². The third-order valence-electron chi connectivity index (χ3n) is 12.8. The van der Waals surface area contributed by atoms with Gasteiger partial charge in [-0.25, -0.2) is 15.0 Å². The second-order valence-corrected chi connectivity index (χ2v) is 16.9. The van der Waals surface area contributed by atoms with E-state index in [1.807, 2.05) is 60.7 Å². The molecule has 0 amide bonds.